The minimum Gasteiger partial charge on any atom is -0.507 e. The highest BCUT2D eigenvalue weighted by Crippen LogP contribution is 2.21. The molecule has 0 unspecified atom stereocenters. The van der Waals surface area contributed by atoms with E-state index in [1.807, 2.05) is 6.92 Å². The van der Waals surface area contributed by atoms with Crippen LogP contribution in [0.1, 0.15) is 18.1 Å². The van der Waals surface area contributed by atoms with Gasteiger partial charge in [-0.3, -0.25) is 19.7 Å². The number of aliphatic hydroxyl groups is 1. The summed E-state index contributed by atoms with van der Waals surface area (Å²) in [4.78, 5) is 34.2. The van der Waals surface area contributed by atoms with E-state index in [-0.39, 0.29) is 17.1 Å². The van der Waals surface area contributed by atoms with E-state index in [9.17, 15) is 24.8 Å². The summed E-state index contributed by atoms with van der Waals surface area (Å²) in [7, 11) is 0. The van der Waals surface area contributed by atoms with Gasteiger partial charge in [0.2, 0.25) is 5.78 Å². The van der Waals surface area contributed by atoms with E-state index < -0.39 is 16.6 Å². The number of carbonyl (C=O) groups is 2. The Balaban J connectivity index is 2.09. The summed E-state index contributed by atoms with van der Waals surface area (Å²) < 4.78 is 5.29. The lowest BCUT2D eigenvalue weighted by molar-refractivity contribution is -0.384. The third-order valence-electron chi connectivity index (χ3n) is 3.62. The van der Waals surface area contributed by atoms with Crippen molar-refractivity contribution in [1.82, 2.24) is 0 Å². The zero-order valence-electron chi connectivity index (χ0n) is 14.8. The third kappa shape index (κ3) is 5.15. The first-order valence-electron chi connectivity index (χ1n) is 8.06. The second-order valence-corrected chi connectivity index (χ2v) is 5.56. The maximum Gasteiger partial charge on any atom is 0.296 e. The van der Waals surface area contributed by atoms with Gasteiger partial charge in [0, 0.05) is 29.5 Å². The molecule has 0 radical (unpaired) electrons. The highest BCUT2D eigenvalue weighted by Gasteiger charge is 2.16. The number of amides is 1. The number of nitro benzene ring substituents is 1. The van der Waals surface area contributed by atoms with E-state index in [2.05, 4.69) is 5.32 Å². The molecule has 0 spiro atoms. The second kappa shape index (κ2) is 8.61. The molecule has 8 nitrogen and oxygen atoms in total. The van der Waals surface area contributed by atoms with Crippen LogP contribution in [0.4, 0.5) is 11.4 Å². The molecule has 140 valence electrons. The molecule has 2 aromatic carbocycles. The van der Waals surface area contributed by atoms with Crippen LogP contribution in [-0.2, 0) is 9.59 Å². The zero-order chi connectivity index (χ0) is 20.0. The molecule has 8 heteroatoms. The topological polar surface area (TPSA) is 119 Å². The Morgan fingerprint density at radius 1 is 1.22 bits per heavy atom. The largest absolute Gasteiger partial charge is 0.507 e. The van der Waals surface area contributed by atoms with Crippen LogP contribution >= 0.6 is 0 Å². The van der Waals surface area contributed by atoms with Gasteiger partial charge in [0.15, 0.2) is 0 Å². The molecule has 0 aliphatic rings. The van der Waals surface area contributed by atoms with Crippen LogP contribution in [0, 0.1) is 17.0 Å². The van der Waals surface area contributed by atoms with E-state index in [1.54, 1.807) is 31.2 Å². The van der Waals surface area contributed by atoms with Crippen LogP contribution in [0.25, 0.3) is 5.76 Å². The predicted octanol–water partition coefficient (Wildman–Crippen LogP) is 3.41. The number of anilines is 1. The van der Waals surface area contributed by atoms with E-state index in [0.717, 1.165) is 6.08 Å². The van der Waals surface area contributed by atoms with E-state index in [4.69, 9.17) is 4.74 Å². The summed E-state index contributed by atoms with van der Waals surface area (Å²) in [5, 5.41) is 23.1. The van der Waals surface area contributed by atoms with Crippen molar-refractivity contribution < 1.29 is 24.4 Å². The Bertz CT molecular complexity index is 903. The minimum absolute atomic E-state index is 0.120. The average molecular weight is 370 g/mol. The number of nitrogens with one attached hydrogen (secondary N) is 1. The Kier molecular flexibility index (Phi) is 6.27. The fraction of sp³-hybridized carbons (Fsp3) is 0.158. The normalized spacial score (nSPS) is 11.0. The van der Waals surface area contributed by atoms with Crippen LogP contribution < -0.4 is 10.1 Å². The Morgan fingerprint density at radius 2 is 1.89 bits per heavy atom. The van der Waals surface area contributed by atoms with Crippen molar-refractivity contribution in [3.05, 3.63) is 69.8 Å². The fourth-order valence-electron chi connectivity index (χ4n) is 2.25. The number of non-ortho nitro benzene ring substituents is 1. The number of hydrogen-bond donors (Lipinski definition) is 2. The molecular formula is C19H18N2O6. The lowest BCUT2D eigenvalue weighted by atomic mass is 10.1. The van der Waals surface area contributed by atoms with Crippen molar-refractivity contribution in [3.8, 4) is 5.75 Å². The van der Waals surface area contributed by atoms with E-state index >= 15 is 0 Å². The molecule has 0 aliphatic heterocycles. The molecule has 2 N–H and O–H groups in total. The van der Waals surface area contributed by atoms with E-state index in [0.29, 0.717) is 23.5 Å². The smallest absolute Gasteiger partial charge is 0.296 e. The van der Waals surface area contributed by atoms with Gasteiger partial charge in [0.25, 0.3) is 11.6 Å². The monoisotopic (exact) mass is 370 g/mol. The summed E-state index contributed by atoms with van der Waals surface area (Å²) in [6.45, 7) is 3.91. The molecule has 0 aromatic heterocycles. The number of nitrogens with zero attached hydrogens (tertiary/aromatic N) is 1. The molecule has 0 heterocycles. The van der Waals surface area contributed by atoms with Crippen LogP contribution in [0.3, 0.4) is 0 Å². The second-order valence-electron chi connectivity index (χ2n) is 5.56. The van der Waals surface area contributed by atoms with Gasteiger partial charge in [0.1, 0.15) is 11.5 Å². The number of rotatable bonds is 7. The molecule has 0 fully saturated rings. The van der Waals surface area contributed by atoms with Crippen molar-refractivity contribution in [2.75, 3.05) is 11.9 Å². The summed E-state index contributed by atoms with van der Waals surface area (Å²) in [5.74, 6) is -1.67. The van der Waals surface area contributed by atoms with Crippen LogP contribution in [-0.4, -0.2) is 28.3 Å². The van der Waals surface area contributed by atoms with Crippen molar-refractivity contribution in [2.24, 2.45) is 0 Å². The first-order chi connectivity index (χ1) is 12.8. The fourth-order valence-corrected chi connectivity index (χ4v) is 2.25. The average Bonchev–Trinajstić information content (AvgIpc) is 2.63. The maximum absolute atomic E-state index is 12.0. The molecule has 0 aliphatic carbocycles. The molecule has 0 saturated carbocycles. The van der Waals surface area contributed by atoms with E-state index in [1.165, 1.54) is 18.2 Å². The molecule has 0 saturated heterocycles. The molecule has 0 bridgehead atoms. The van der Waals surface area contributed by atoms with Crippen molar-refractivity contribution in [3.63, 3.8) is 0 Å². The summed E-state index contributed by atoms with van der Waals surface area (Å²) in [6, 6.07) is 10.2. The zero-order valence-corrected chi connectivity index (χ0v) is 14.8. The maximum atomic E-state index is 12.0. The number of aliphatic hydroxyl groups excluding tert-OH is 1. The van der Waals surface area contributed by atoms with Gasteiger partial charge in [0.05, 0.1) is 11.5 Å². The van der Waals surface area contributed by atoms with Gasteiger partial charge in [-0.25, -0.2) is 0 Å². The number of aryl methyl sites for hydroxylation is 1. The number of carbonyl (C=O) groups excluding carboxylic acids is 2. The van der Waals surface area contributed by atoms with Crippen LogP contribution in [0.2, 0.25) is 0 Å². The summed E-state index contributed by atoms with van der Waals surface area (Å²) in [6.07, 6.45) is 0.811. The Labute approximate surface area is 155 Å². The molecule has 2 aromatic rings. The van der Waals surface area contributed by atoms with Crippen molar-refractivity contribution in [1.29, 1.82) is 0 Å². The van der Waals surface area contributed by atoms with Gasteiger partial charge < -0.3 is 15.2 Å². The minimum atomic E-state index is -0.968. The SMILES string of the molecule is CCOc1ccc(C(O)=CC(=O)C(=O)Nc2ccc([N+](=O)[O-])cc2C)cc1. The highest BCUT2D eigenvalue weighted by molar-refractivity contribution is 6.45. The number of ether oxygens (including phenoxy) is 1. The van der Waals surface area contributed by atoms with Gasteiger partial charge in [-0.15, -0.1) is 0 Å². The first-order valence-corrected chi connectivity index (χ1v) is 8.06. The van der Waals surface area contributed by atoms with Crippen LogP contribution in [0.5, 0.6) is 5.75 Å². The number of nitro groups is 1. The van der Waals surface area contributed by atoms with Crippen molar-refractivity contribution >= 4 is 28.8 Å². The predicted molar refractivity (Wildman–Crippen MR) is 99.7 cm³/mol. The summed E-state index contributed by atoms with van der Waals surface area (Å²) >= 11 is 0. The van der Waals surface area contributed by atoms with Gasteiger partial charge in [-0.2, -0.15) is 0 Å². The molecule has 27 heavy (non-hydrogen) atoms. The molecule has 0 atom stereocenters. The number of ketones is 1. The number of hydrogen-bond acceptors (Lipinski definition) is 6. The third-order valence-corrected chi connectivity index (χ3v) is 3.62. The molecule has 1 amide bonds. The number of benzene rings is 2. The lowest BCUT2D eigenvalue weighted by Gasteiger charge is -2.07. The summed E-state index contributed by atoms with van der Waals surface area (Å²) in [5.41, 5.74) is 0.939. The quantitative estimate of drug-likeness (QED) is 0.253. The Morgan fingerprint density at radius 3 is 2.44 bits per heavy atom. The van der Waals surface area contributed by atoms with Gasteiger partial charge in [-0.05, 0) is 49.7 Å². The lowest BCUT2D eigenvalue weighted by Crippen LogP contribution is -2.21. The molecule has 2 rings (SSSR count). The Hall–Kier alpha value is -3.68. The molecular weight excluding hydrogens is 352 g/mol. The van der Waals surface area contributed by atoms with Crippen LogP contribution in [0.15, 0.2) is 48.5 Å². The first kappa shape index (κ1) is 19.6. The standard InChI is InChI=1S/C19H18N2O6/c1-3-27-15-7-4-13(5-8-15)17(22)11-18(23)19(24)20-16-9-6-14(21(25)26)10-12(16)2/h4-11,22H,3H2,1-2H3,(H,20,24). The van der Waals surface area contributed by atoms with Gasteiger partial charge >= 0.3 is 0 Å². The van der Waals surface area contributed by atoms with Gasteiger partial charge in [-0.1, -0.05) is 0 Å². The highest BCUT2D eigenvalue weighted by atomic mass is 16.6. The van der Waals surface area contributed by atoms with Crippen molar-refractivity contribution in [2.45, 2.75) is 13.8 Å².